The Morgan fingerprint density at radius 2 is 2.50 bits per heavy atom. The van der Waals surface area contributed by atoms with Gasteiger partial charge in [0.25, 0.3) is 0 Å². The van der Waals surface area contributed by atoms with Crippen LogP contribution in [0.2, 0.25) is 0 Å². The van der Waals surface area contributed by atoms with Gasteiger partial charge in [-0.15, -0.1) is 5.48 Å². The Kier molecular flexibility index (Phi) is 1.19. The Morgan fingerprint density at radius 1 is 1.88 bits per heavy atom. The normalized spacial score (nSPS) is 37.5. The minimum atomic E-state index is -0.831. The zero-order valence-electron chi connectivity index (χ0n) is 4.42. The molecule has 2 atom stereocenters. The van der Waals surface area contributed by atoms with E-state index in [4.69, 9.17) is 5.11 Å². The lowest BCUT2D eigenvalue weighted by molar-refractivity contribution is -0.145. The fraction of sp³-hybridized carbons (Fsp3) is 0.750. The molecular weight excluding hydrogens is 110 g/mol. The molecule has 1 aliphatic rings. The molecule has 1 saturated heterocycles. The molecule has 2 N–H and O–H groups in total. The first kappa shape index (κ1) is 5.53. The van der Waals surface area contributed by atoms with Crippen LogP contribution in [0.3, 0.4) is 0 Å². The molecule has 8 heavy (non-hydrogen) atoms. The summed E-state index contributed by atoms with van der Waals surface area (Å²) in [6.07, 6.45) is -0.831. The highest BCUT2D eigenvalue weighted by Crippen LogP contribution is 2.08. The number of nitrogens with one attached hydrogen (secondary N) is 1. The van der Waals surface area contributed by atoms with Gasteiger partial charge in [-0.3, -0.25) is 0 Å². The molecule has 0 amide bonds. The van der Waals surface area contributed by atoms with Gasteiger partial charge in [-0.05, 0) is 6.92 Å². The van der Waals surface area contributed by atoms with Crippen molar-refractivity contribution in [3.8, 4) is 0 Å². The molecule has 0 radical (unpaired) electrons. The Labute approximate surface area is 46.4 Å². The van der Waals surface area contributed by atoms with Crippen molar-refractivity contribution < 1.29 is 14.7 Å². The third-order valence-corrected chi connectivity index (χ3v) is 1.13. The molecule has 1 aliphatic heterocycles. The highest BCUT2D eigenvalue weighted by atomic mass is 16.7. The molecule has 0 aliphatic carbocycles. The number of hydroxylamine groups is 1. The van der Waals surface area contributed by atoms with E-state index in [2.05, 4.69) is 10.3 Å². The molecule has 4 nitrogen and oxygen atoms in total. The Morgan fingerprint density at radius 3 is 2.62 bits per heavy atom. The maximum absolute atomic E-state index is 10.3. The molecule has 0 spiro atoms. The van der Waals surface area contributed by atoms with E-state index in [1.807, 2.05) is 0 Å². The van der Waals surface area contributed by atoms with Gasteiger partial charge in [0, 0.05) is 0 Å². The SMILES string of the molecule is CC1C(=O)ONC1O. The Balaban J connectivity index is 2.56. The van der Waals surface area contributed by atoms with E-state index >= 15 is 0 Å². The van der Waals surface area contributed by atoms with Crippen LogP contribution in [0.1, 0.15) is 6.92 Å². The number of aliphatic hydroxyl groups excluding tert-OH is 1. The van der Waals surface area contributed by atoms with Crippen molar-refractivity contribution in [2.24, 2.45) is 5.92 Å². The minimum absolute atomic E-state index is 0.405. The average molecular weight is 117 g/mol. The summed E-state index contributed by atoms with van der Waals surface area (Å²) < 4.78 is 0. The molecule has 46 valence electrons. The van der Waals surface area contributed by atoms with Gasteiger partial charge in [-0.25, -0.2) is 4.79 Å². The lowest BCUT2D eigenvalue weighted by Gasteiger charge is -1.97. The Bertz CT molecular complexity index is 114. The third kappa shape index (κ3) is 0.677. The molecule has 1 heterocycles. The summed E-state index contributed by atoms with van der Waals surface area (Å²) in [6.45, 7) is 1.59. The minimum Gasteiger partial charge on any atom is -0.375 e. The topological polar surface area (TPSA) is 58.6 Å². The number of rotatable bonds is 0. The van der Waals surface area contributed by atoms with Crippen LogP contribution in [0.15, 0.2) is 0 Å². The van der Waals surface area contributed by atoms with Gasteiger partial charge >= 0.3 is 5.97 Å². The van der Waals surface area contributed by atoms with Crippen LogP contribution in [0, 0.1) is 5.92 Å². The van der Waals surface area contributed by atoms with Crippen LogP contribution < -0.4 is 5.48 Å². The maximum Gasteiger partial charge on any atom is 0.331 e. The predicted molar refractivity (Wildman–Crippen MR) is 24.4 cm³/mol. The molecule has 0 saturated carbocycles. The molecule has 0 bridgehead atoms. The summed E-state index contributed by atoms with van der Waals surface area (Å²) in [4.78, 5) is 14.6. The van der Waals surface area contributed by atoms with Gasteiger partial charge in [0.2, 0.25) is 0 Å². The third-order valence-electron chi connectivity index (χ3n) is 1.13. The molecule has 1 rings (SSSR count). The fourth-order valence-electron chi connectivity index (χ4n) is 0.442. The molecule has 1 fully saturated rings. The first-order valence-corrected chi connectivity index (χ1v) is 2.36. The van der Waals surface area contributed by atoms with Crippen LogP contribution in [0.25, 0.3) is 0 Å². The van der Waals surface area contributed by atoms with E-state index in [0.717, 1.165) is 0 Å². The maximum atomic E-state index is 10.3. The molecule has 4 heteroatoms. The molecule has 0 aromatic heterocycles. The average Bonchev–Trinajstić information content (AvgIpc) is 1.98. The summed E-state index contributed by atoms with van der Waals surface area (Å²) in [6, 6.07) is 0. The van der Waals surface area contributed by atoms with Crippen molar-refractivity contribution in [2.75, 3.05) is 0 Å². The van der Waals surface area contributed by atoms with Crippen LogP contribution >= 0.6 is 0 Å². The zero-order chi connectivity index (χ0) is 6.15. The standard InChI is InChI=1S/C4H7NO3/c1-2-3(6)5-8-4(2)7/h2-3,5-6H,1H3. The summed E-state index contributed by atoms with van der Waals surface area (Å²) in [5.41, 5.74) is 2.12. The summed E-state index contributed by atoms with van der Waals surface area (Å²) >= 11 is 0. The molecule has 2 unspecified atom stereocenters. The fourth-order valence-corrected chi connectivity index (χ4v) is 0.442. The largest absolute Gasteiger partial charge is 0.375 e. The van der Waals surface area contributed by atoms with Crippen molar-refractivity contribution >= 4 is 5.97 Å². The smallest absolute Gasteiger partial charge is 0.331 e. The summed E-state index contributed by atoms with van der Waals surface area (Å²) in [5, 5.41) is 8.71. The van der Waals surface area contributed by atoms with E-state index in [1.165, 1.54) is 0 Å². The number of hydrogen-bond acceptors (Lipinski definition) is 4. The molecule has 0 aromatic rings. The van der Waals surface area contributed by atoms with Crippen LogP contribution in [0.5, 0.6) is 0 Å². The van der Waals surface area contributed by atoms with Gasteiger partial charge in [0.1, 0.15) is 0 Å². The van der Waals surface area contributed by atoms with Crippen LogP contribution in [-0.2, 0) is 9.63 Å². The van der Waals surface area contributed by atoms with Crippen molar-refractivity contribution in [3.63, 3.8) is 0 Å². The lowest BCUT2D eigenvalue weighted by atomic mass is 10.2. The number of hydrogen-bond donors (Lipinski definition) is 2. The van der Waals surface area contributed by atoms with Crippen molar-refractivity contribution in [1.82, 2.24) is 5.48 Å². The molecular formula is C4H7NO3. The second kappa shape index (κ2) is 1.72. The number of aliphatic hydroxyl groups is 1. The molecule has 0 aromatic carbocycles. The number of carbonyl (C=O) groups is 1. The highest BCUT2D eigenvalue weighted by molar-refractivity contribution is 5.73. The second-order valence-electron chi connectivity index (χ2n) is 1.77. The van der Waals surface area contributed by atoms with Crippen LogP contribution in [-0.4, -0.2) is 17.3 Å². The van der Waals surface area contributed by atoms with Gasteiger partial charge in [0.05, 0.1) is 5.92 Å². The first-order valence-electron chi connectivity index (χ1n) is 2.36. The summed E-state index contributed by atoms with van der Waals surface area (Å²) in [7, 11) is 0. The highest BCUT2D eigenvalue weighted by Gasteiger charge is 2.30. The van der Waals surface area contributed by atoms with Crippen LogP contribution in [0.4, 0.5) is 0 Å². The van der Waals surface area contributed by atoms with Crippen molar-refractivity contribution in [3.05, 3.63) is 0 Å². The van der Waals surface area contributed by atoms with Gasteiger partial charge < -0.3 is 9.94 Å². The second-order valence-corrected chi connectivity index (χ2v) is 1.77. The lowest BCUT2D eigenvalue weighted by Crippen LogP contribution is -2.23. The van der Waals surface area contributed by atoms with Gasteiger partial charge in [-0.2, -0.15) is 0 Å². The van der Waals surface area contributed by atoms with Gasteiger partial charge in [-0.1, -0.05) is 0 Å². The van der Waals surface area contributed by atoms with Gasteiger partial charge in [0.15, 0.2) is 6.23 Å². The Hall–Kier alpha value is -0.610. The van der Waals surface area contributed by atoms with E-state index in [-0.39, 0.29) is 0 Å². The number of carbonyl (C=O) groups excluding carboxylic acids is 1. The van der Waals surface area contributed by atoms with E-state index in [1.54, 1.807) is 6.92 Å². The van der Waals surface area contributed by atoms with E-state index in [9.17, 15) is 4.79 Å². The first-order chi connectivity index (χ1) is 3.72. The van der Waals surface area contributed by atoms with Crippen molar-refractivity contribution in [1.29, 1.82) is 0 Å². The van der Waals surface area contributed by atoms with Crippen molar-refractivity contribution in [2.45, 2.75) is 13.2 Å². The quantitative estimate of drug-likeness (QED) is 0.427. The monoisotopic (exact) mass is 117 g/mol. The van der Waals surface area contributed by atoms with E-state index in [0.29, 0.717) is 0 Å². The van der Waals surface area contributed by atoms with E-state index < -0.39 is 18.1 Å². The predicted octanol–water partition coefficient (Wildman–Crippen LogP) is -0.998. The zero-order valence-corrected chi connectivity index (χ0v) is 4.42. The summed E-state index contributed by atoms with van der Waals surface area (Å²) in [5.74, 6) is -0.840.